The highest BCUT2D eigenvalue weighted by Crippen LogP contribution is 2.38. The van der Waals surface area contributed by atoms with Crippen LogP contribution in [0.1, 0.15) is 30.7 Å². The summed E-state index contributed by atoms with van der Waals surface area (Å²) in [5, 5.41) is 5.59. The molecule has 1 aromatic carbocycles. The van der Waals surface area contributed by atoms with Crippen LogP contribution < -0.4 is 16.4 Å². The molecule has 1 aliphatic rings. The van der Waals surface area contributed by atoms with E-state index in [1.54, 1.807) is 18.2 Å². The third kappa shape index (κ3) is 2.76. The van der Waals surface area contributed by atoms with Gasteiger partial charge in [-0.1, -0.05) is 0 Å². The lowest BCUT2D eigenvalue weighted by Gasteiger charge is -2.07. The van der Waals surface area contributed by atoms with Crippen LogP contribution in [-0.4, -0.2) is 16.8 Å². The summed E-state index contributed by atoms with van der Waals surface area (Å²) >= 11 is 0. The molecule has 118 valence electrons. The molecule has 2 amide bonds. The molecule has 0 saturated heterocycles. The maximum Gasteiger partial charge on any atom is 0.256 e. The normalized spacial score (nSPS) is 15.2. The number of nitrogens with two attached hydrogens (primary N) is 1. The minimum Gasteiger partial charge on any atom is -0.361 e. The molecular weight excluding hydrogens is 292 g/mol. The first-order valence-electron chi connectivity index (χ1n) is 7.31. The molecule has 6 heteroatoms. The van der Waals surface area contributed by atoms with Crippen LogP contribution in [0.25, 0.3) is 11.1 Å². The van der Waals surface area contributed by atoms with Gasteiger partial charge in [-0.05, 0) is 42.3 Å². The highest BCUT2D eigenvalue weighted by Gasteiger charge is 2.27. The van der Waals surface area contributed by atoms with Gasteiger partial charge in [0.05, 0.1) is 5.57 Å². The number of allylic oxidation sites excluding steroid dienone is 1. The molecule has 2 heterocycles. The summed E-state index contributed by atoms with van der Waals surface area (Å²) in [5.74, 6) is -0.303. The fraction of sp³-hybridized carbons (Fsp3) is 0.176. The number of aromatic amines is 1. The number of anilines is 2. The molecule has 0 saturated carbocycles. The molecule has 0 fully saturated rings. The number of hydrogen-bond acceptors (Lipinski definition) is 3. The fourth-order valence-electron chi connectivity index (χ4n) is 2.73. The van der Waals surface area contributed by atoms with E-state index in [9.17, 15) is 9.59 Å². The highest BCUT2D eigenvalue weighted by molar-refractivity contribution is 6.36. The van der Waals surface area contributed by atoms with Crippen LogP contribution >= 0.6 is 0 Å². The Hall–Kier alpha value is -2.86. The summed E-state index contributed by atoms with van der Waals surface area (Å²) in [6.45, 7) is 3.78. The van der Waals surface area contributed by atoms with Crippen LogP contribution in [0.2, 0.25) is 0 Å². The molecule has 3 rings (SSSR count). The number of amides is 2. The Kier molecular flexibility index (Phi) is 3.75. The van der Waals surface area contributed by atoms with Crippen molar-refractivity contribution in [2.75, 3.05) is 10.6 Å². The van der Waals surface area contributed by atoms with Crippen molar-refractivity contribution in [1.29, 1.82) is 0 Å². The second kappa shape index (κ2) is 5.73. The second-order valence-electron chi connectivity index (χ2n) is 5.52. The van der Waals surface area contributed by atoms with E-state index in [4.69, 9.17) is 5.73 Å². The Morgan fingerprint density at radius 1 is 1.26 bits per heavy atom. The minimum atomic E-state index is -0.152. The maximum atomic E-state index is 12.4. The smallest absolute Gasteiger partial charge is 0.256 e. The van der Waals surface area contributed by atoms with Gasteiger partial charge in [0.2, 0.25) is 5.91 Å². The molecule has 0 spiro atoms. The van der Waals surface area contributed by atoms with Crippen molar-refractivity contribution in [2.45, 2.75) is 20.4 Å². The summed E-state index contributed by atoms with van der Waals surface area (Å²) in [6.07, 6.45) is 1.83. The topological polar surface area (TPSA) is 100 Å². The molecule has 5 N–H and O–H groups in total. The van der Waals surface area contributed by atoms with Gasteiger partial charge in [0, 0.05) is 42.3 Å². The number of carbonyl (C=O) groups excluding carboxylic acids is 2. The van der Waals surface area contributed by atoms with E-state index >= 15 is 0 Å². The first kappa shape index (κ1) is 15.1. The van der Waals surface area contributed by atoms with Crippen LogP contribution in [-0.2, 0) is 16.1 Å². The standard InChI is InChI=1S/C17H18N4O2/c1-9(15-5-11(7-18)8-19-15)16-13-6-12(20-10(2)22)3-4-14(13)21-17(16)23/h3-6,8,19H,7,18H2,1-2H3,(H,20,22)(H,21,23)/b16-9+. The number of H-pyrrole nitrogens is 1. The van der Waals surface area contributed by atoms with E-state index < -0.39 is 0 Å². The van der Waals surface area contributed by atoms with Gasteiger partial charge in [-0.25, -0.2) is 0 Å². The lowest BCUT2D eigenvalue weighted by atomic mass is 9.99. The van der Waals surface area contributed by atoms with Crippen LogP contribution in [0.5, 0.6) is 0 Å². The summed E-state index contributed by atoms with van der Waals surface area (Å²) in [6, 6.07) is 7.30. The molecule has 6 nitrogen and oxygen atoms in total. The monoisotopic (exact) mass is 310 g/mol. The van der Waals surface area contributed by atoms with E-state index in [-0.39, 0.29) is 11.8 Å². The quantitative estimate of drug-likeness (QED) is 0.654. The second-order valence-corrected chi connectivity index (χ2v) is 5.52. The third-order valence-corrected chi connectivity index (χ3v) is 3.84. The van der Waals surface area contributed by atoms with Gasteiger partial charge >= 0.3 is 0 Å². The van der Waals surface area contributed by atoms with Gasteiger partial charge in [0.1, 0.15) is 0 Å². The molecule has 0 atom stereocenters. The van der Waals surface area contributed by atoms with Gasteiger partial charge in [-0.2, -0.15) is 0 Å². The van der Waals surface area contributed by atoms with Gasteiger partial charge < -0.3 is 21.4 Å². The average molecular weight is 310 g/mol. The molecule has 1 aliphatic heterocycles. The van der Waals surface area contributed by atoms with Crippen LogP contribution in [0.4, 0.5) is 11.4 Å². The van der Waals surface area contributed by atoms with Gasteiger partial charge in [0.15, 0.2) is 0 Å². The number of fused-ring (bicyclic) bond motifs is 1. The maximum absolute atomic E-state index is 12.4. The zero-order chi connectivity index (χ0) is 16.6. The number of carbonyl (C=O) groups is 2. The van der Waals surface area contributed by atoms with Gasteiger partial charge in [0.25, 0.3) is 5.91 Å². The zero-order valence-electron chi connectivity index (χ0n) is 13.0. The third-order valence-electron chi connectivity index (χ3n) is 3.84. The molecule has 0 unspecified atom stereocenters. The van der Waals surface area contributed by atoms with Crippen molar-refractivity contribution in [3.8, 4) is 0 Å². The number of benzene rings is 1. The predicted octanol–water partition coefficient (Wildman–Crippen LogP) is 2.31. The summed E-state index contributed by atoms with van der Waals surface area (Å²) < 4.78 is 0. The van der Waals surface area contributed by atoms with Crippen LogP contribution in [0.3, 0.4) is 0 Å². The van der Waals surface area contributed by atoms with E-state index in [0.29, 0.717) is 17.8 Å². The minimum absolute atomic E-state index is 0.151. The summed E-state index contributed by atoms with van der Waals surface area (Å²) in [4.78, 5) is 26.7. The number of rotatable bonds is 3. The lowest BCUT2D eigenvalue weighted by molar-refractivity contribution is -0.114. The zero-order valence-corrected chi connectivity index (χ0v) is 13.0. The predicted molar refractivity (Wildman–Crippen MR) is 90.5 cm³/mol. The molecule has 0 radical (unpaired) electrons. The molecule has 0 aliphatic carbocycles. The highest BCUT2D eigenvalue weighted by atomic mass is 16.2. The number of aromatic nitrogens is 1. The van der Waals surface area contributed by atoms with Crippen LogP contribution in [0, 0.1) is 0 Å². The molecule has 2 aromatic rings. The molecular formula is C17H18N4O2. The van der Waals surface area contributed by atoms with Crippen molar-refractivity contribution in [3.05, 3.63) is 47.3 Å². The number of hydrogen-bond donors (Lipinski definition) is 4. The van der Waals surface area contributed by atoms with Gasteiger partial charge in [-0.15, -0.1) is 0 Å². The molecule has 0 bridgehead atoms. The summed E-state index contributed by atoms with van der Waals surface area (Å²) in [5.41, 5.74) is 11.1. The summed E-state index contributed by atoms with van der Waals surface area (Å²) in [7, 11) is 0. The van der Waals surface area contributed by atoms with Crippen molar-refractivity contribution < 1.29 is 9.59 Å². The molecule has 1 aromatic heterocycles. The van der Waals surface area contributed by atoms with Crippen LogP contribution in [0.15, 0.2) is 30.5 Å². The van der Waals surface area contributed by atoms with Crippen molar-refractivity contribution in [1.82, 2.24) is 4.98 Å². The van der Waals surface area contributed by atoms with Crippen molar-refractivity contribution in [2.24, 2.45) is 5.73 Å². The Morgan fingerprint density at radius 2 is 2.04 bits per heavy atom. The Bertz CT molecular complexity index is 833. The average Bonchev–Trinajstić information content (AvgIpc) is 3.09. The van der Waals surface area contributed by atoms with E-state index in [2.05, 4.69) is 15.6 Å². The SMILES string of the molecule is CC(=O)Nc1ccc2c(c1)/C(=C(/C)c1cc(CN)c[nH]1)C(=O)N2. The first-order chi connectivity index (χ1) is 11.0. The first-order valence-corrected chi connectivity index (χ1v) is 7.31. The van der Waals surface area contributed by atoms with Crippen molar-refractivity contribution >= 4 is 34.3 Å². The van der Waals surface area contributed by atoms with Gasteiger partial charge in [-0.3, -0.25) is 9.59 Å². The lowest BCUT2D eigenvalue weighted by Crippen LogP contribution is -2.05. The number of nitrogens with one attached hydrogen (secondary N) is 3. The largest absolute Gasteiger partial charge is 0.361 e. The Labute approximate surface area is 133 Å². The van der Waals surface area contributed by atoms with E-state index in [1.165, 1.54) is 6.92 Å². The Morgan fingerprint density at radius 3 is 2.70 bits per heavy atom. The molecule has 23 heavy (non-hydrogen) atoms. The Balaban J connectivity index is 2.09. The van der Waals surface area contributed by atoms with E-state index in [1.807, 2.05) is 19.2 Å². The van der Waals surface area contributed by atoms with Crippen molar-refractivity contribution in [3.63, 3.8) is 0 Å². The van der Waals surface area contributed by atoms with E-state index in [0.717, 1.165) is 28.1 Å². The fourth-order valence-corrected chi connectivity index (χ4v) is 2.73.